The summed E-state index contributed by atoms with van der Waals surface area (Å²) in [5.74, 6) is 0.331. The van der Waals surface area contributed by atoms with Gasteiger partial charge in [0.05, 0.1) is 31.5 Å². The quantitative estimate of drug-likeness (QED) is 0.853. The summed E-state index contributed by atoms with van der Waals surface area (Å²) in [6, 6.07) is 0. The lowest BCUT2D eigenvalue weighted by Gasteiger charge is -2.22. The van der Waals surface area contributed by atoms with E-state index >= 15 is 0 Å². The van der Waals surface area contributed by atoms with Crippen molar-refractivity contribution in [3.8, 4) is 0 Å². The predicted molar refractivity (Wildman–Crippen MR) is 65.6 cm³/mol. The fraction of sp³-hybridized carbons (Fsp3) is 0.500. The topological polar surface area (TPSA) is 76.1 Å². The first-order valence-electron chi connectivity index (χ1n) is 5.34. The Labute approximate surface area is 107 Å². The molecule has 1 aliphatic rings. The number of hydrogen-bond acceptors (Lipinski definition) is 5. The molecule has 1 amide bonds. The Kier molecular flexibility index (Phi) is 4.41. The lowest BCUT2D eigenvalue weighted by Crippen LogP contribution is -2.40. The van der Waals surface area contributed by atoms with Gasteiger partial charge in [0.2, 0.25) is 5.91 Å². The average Bonchev–Trinajstić information content (AvgIpc) is 2.33. The maximum atomic E-state index is 11.7. The first kappa shape index (κ1) is 12.4. The van der Waals surface area contributed by atoms with Crippen molar-refractivity contribution in [1.29, 1.82) is 0 Å². The Morgan fingerprint density at radius 3 is 3.12 bits per heavy atom. The second-order valence-electron chi connectivity index (χ2n) is 3.67. The summed E-state index contributed by atoms with van der Waals surface area (Å²) < 4.78 is 6.07. The zero-order valence-corrected chi connectivity index (χ0v) is 10.7. The van der Waals surface area contributed by atoms with Crippen LogP contribution in [0.15, 0.2) is 17.0 Å². The molecule has 7 heteroatoms. The van der Waals surface area contributed by atoms with Crippen LogP contribution in [0.1, 0.15) is 6.42 Å². The molecule has 0 aliphatic carbocycles. The molecule has 1 fully saturated rings. The Bertz CT molecular complexity index is 378. The number of nitrogens with zero attached hydrogens (tertiary/aromatic N) is 2. The molecule has 92 valence electrons. The lowest BCUT2D eigenvalue weighted by molar-refractivity contribution is -0.119. The zero-order valence-electron chi connectivity index (χ0n) is 9.15. The largest absolute Gasteiger partial charge is 0.375 e. The minimum absolute atomic E-state index is 0.0628. The minimum atomic E-state index is -0.115. The van der Waals surface area contributed by atoms with Crippen molar-refractivity contribution in [2.75, 3.05) is 25.0 Å². The monoisotopic (exact) mass is 300 g/mol. The number of anilines is 1. The van der Waals surface area contributed by atoms with E-state index in [-0.39, 0.29) is 12.0 Å². The molecular weight excluding hydrogens is 288 g/mol. The van der Waals surface area contributed by atoms with Gasteiger partial charge in [-0.15, -0.1) is 0 Å². The van der Waals surface area contributed by atoms with Gasteiger partial charge in [-0.05, 0) is 15.9 Å². The molecule has 17 heavy (non-hydrogen) atoms. The number of carbonyl (C=O) groups is 1. The molecule has 2 heterocycles. The van der Waals surface area contributed by atoms with E-state index in [0.717, 1.165) is 6.54 Å². The van der Waals surface area contributed by atoms with E-state index in [2.05, 4.69) is 36.5 Å². The molecule has 2 rings (SSSR count). The van der Waals surface area contributed by atoms with Gasteiger partial charge in [0.25, 0.3) is 0 Å². The Hall–Kier alpha value is -1.05. The second-order valence-corrected chi connectivity index (χ2v) is 4.49. The standard InChI is InChI=1S/C10H13BrN4O2/c11-8-5-14-9(6-13-8)15-10(16)3-7-4-12-1-2-17-7/h5-7,12H,1-4H2,(H,14,15,16). The molecule has 1 saturated heterocycles. The fourth-order valence-corrected chi connectivity index (χ4v) is 1.73. The number of ether oxygens (including phenoxy) is 1. The van der Waals surface area contributed by atoms with E-state index in [0.29, 0.717) is 30.0 Å². The van der Waals surface area contributed by atoms with Crippen LogP contribution < -0.4 is 10.6 Å². The summed E-state index contributed by atoms with van der Waals surface area (Å²) in [5.41, 5.74) is 0. The fourth-order valence-electron chi connectivity index (χ4n) is 1.53. The highest BCUT2D eigenvalue weighted by atomic mass is 79.9. The van der Waals surface area contributed by atoms with Crippen molar-refractivity contribution < 1.29 is 9.53 Å². The summed E-state index contributed by atoms with van der Waals surface area (Å²) in [6.07, 6.45) is 3.30. The van der Waals surface area contributed by atoms with Crippen molar-refractivity contribution in [2.24, 2.45) is 0 Å². The molecule has 2 N–H and O–H groups in total. The third kappa shape index (κ3) is 4.03. The Balaban J connectivity index is 1.82. The average molecular weight is 301 g/mol. The van der Waals surface area contributed by atoms with Crippen LogP contribution in [-0.4, -0.2) is 41.7 Å². The molecule has 6 nitrogen and oxygen atoms in total. The lowest BCUT2D eigenvalue weighted by atomic mass is 10.2. The van der Waals surface area contributed by atoms with E-state index in [1.165, 1.54) is 12.4 Å². The molecule has 0 bridgehead atoms. The Morgan fingerprint density at radius 1 is 1.59 bits per heavy atom. The summed E-state index contributed by atoms with van der Waals surface area (Å²) in [6.45, 7) is 2.20. The predicted octanol–water partition coefficient (Wildman–Crippen LogP) is 0.556. The number of carbonyl (C=O) groups excluding carboxylic acids is 1. The number of hydrogen-bond donors (Lipinski definition) is 2. The van der Waals surface area contributed by atoms with Gasteiger partial charge in [-0.1, -0.05) is 0 Å². The molecule has 0 spiro atoms. The summed E-state index contributed by atoms with van der Waals surface area (Å²) in [4.78, 5) is 19.7. The van der Waals surface area contributed by atoms with Gasteiger partial charge in [0.1, 0.15) is 4.60 Å². The van der Waals surface area contributed by atoms with Crippen LogP contribution in [0.2, 0.25) is 0 Å². The molecule has 1 aromatic rings. The maximum Gasteiger partial charge on any atom is 0.228 e. The van der Waals surface area contributed by atoms with E-state index < -0.39 is 0 Å². The van der Waals surface area contributed by atoms with Gasteiger partial charge in [-0.3, -0.25) is 4.79 Å². The van der Waals surface area contributed by atoms with Crippen LogP contribution in [0.25, 0.3) is 0 Å². The molecule has 1 aliphatic heterocycles. The molecule has 0 aromatic carbocycles. The SMILES string of the molecule is O=C(CC1CNCCO1)Nc1cnc(Br)cn1. The molecule has 1 atom stereocenters. The number of morpholine rings is 1. The van der Waals surface area contributed by atoms with Crippen molar-refractivity contribution in [1.82, 2.24) is 15.3 Å². The van der Waals surface area contributed by atoms with Crippen molar-refractivity contribution >= 4 is 27.7 Å². The second kappa shape index (κ2) is 6.04. The van der Waals surface area contributed by atoms with Crippen LogP contribution in [0, 0.1) is 0 Å². The van der Waals surface area contributed by atoms with E-state index in [1.807, 2.05) is 0 Å². The Morgan fingerprint density at radius 2 is 2.47 bits per heavy atom. The molecule has 0 saturated carbocycles. The van der Waals surface area contributed by atoms with Gasteiger partial charge in [0.15, 0.2) is 5.82 Å². The molecule has 1 aromatic heterocycles. The van der Waals surface area contributed by atoms with E-state index in [1.54, 1.807) is 0 Å². The summed E-state index contributed by atoms with van der Waals surface area (Å²) >= 11 is 3.18. The van der Waals surface area contributed by atoms with Gasteiger partial charge >= 0.3 is 0 Å². The highest BCUT2D eigenvalue weighted by molar-refractivity contribution is 9.10. The highest BCUT2D eigenvalue weighted by Crippen LogP contribution is 2.08. The van der Waals surface area contributed by atoms with E-state index in [9.17, 15) is 4.79 Å². The van der Waals surface area contributed by atoms with Crippen molar-refractivity contribution in [3.05, 3.63) is 17.0 Å². The zero-order chi connectivity index (χ0) is 12.1. The molecule has 1 unspecified atom stereocenters. The molecular formula is C10H13BrN4O2. The number of nitrogens with one attached hydrogen (secondary N) is 2. The van der Waals surface area contributed by atoms with Crippen molar-refractivity contribution in [2.45, 2.75) is 12.5 Å². The van der Waals surface area contributed by atoms with Crippen LogP contribution >= 0.6 is 15.9 Å². The first-order chi connectivity index (χ1) is 8.24. The van der Waals surface area contributed by atoms with E-state index in [4.69, 9.17) is 4.74 Å². The highest BCUT2D eigenvalue weighted by Gasteiger charge is 2.17. The third-order valence-electron chi connectivity index (χ3n) is 2.31. The number of amides is 1. The van der Waals surface area contributed by atoms with Crippen LogP contribution in [-0.2, 0) is 9.53 Å². The third-order valence-corrected chi connectivity index (χ3v) is 2.71. The number of rotatable bonds is 3. The van der Waals surface area contributed by atoms with Crippen LogP contribution in [0.3, 0.4) is 0 Å². The maximum absolute atomic E-state index is 11.7. The van der Waals surface area contributed by atoms with Crippen molar-refractivity contribution in [3.63, 3.8) is 0 Å². The minimum Gasteiger partial charge on any atom is -0.375 e. The van der Waals surface area contributed by atoms with Crippen LogP contribution in [0.4, 0.5) is 5.82 Å². The van der Waals surface area contributed by atoms with Gasteiger partial charge in [-0.2, -0.15) is 0 Å². The van der Waals surface area contributed by atoms with Gasteiger partial charge in [-0.25, -0.2) is 9.97 Å². The summed E-state index contributed by atoms with van der Waals surface area (Å²) in [7, 11) is 0. The first-order valence-corrected chi connectivity index (χ1v) is 6.13. The molecule has 0 radical (unpaired) electrons. The normalized spacial score (nSPS) is 19.9. The summed E-state index contributed by atoms with van der Waals surface area (Å²) in [5, 5.41) is 5.85. The van der Waals surface area contributed by atoms with Gasteiger partial charge < -0.3 is 15.4 Å². The van der Waals surface area contributed by atoms with Gasteiger partial charge in [0, 0.05) is 13.1 Å². The smallest absolute Gasteiger partial charge is 0.228 e. The van der Waals surface area contributed by atoms with Crippen LogP contribution in [0.5, 0.6) is 0 Å². The number of halogens is 1. The number of aromatic nitrogens is 2.